The molecule has 1 heterocycles. The topological polar surface area (TPSA) is 59.0 Å². The van der Waals surface area contributed by atoms with Gasteiger partial charge >= 0.3 is 6.09 Å². The molecule has 0 aliphatic carbocycles. The van der Waals surface area contributed by atoms with Crippen LogP contribution in [-0.4, -0.2) is 53.6 Å². The molecular formula is C12H23NO4. The van der Waals surface area contributed by atoms with Gasteiger partial charge in [-0.15, -0.1) is 0 Å². The van der Waals surface area contributed by atoms with Crippen molar-refractivity contribution in [2.45, 2.75) is 51.9 Å². The van der Waals surface area contributed by atoms with Crippen LogP contribution in [-0.2, 0) is 9.47 Å². The molecule has 0 aromatic rings. The Morgan fingerprint density at radius 2 is 2.18 bits per heavy atom. The molecule has 2 atom stereocenters. The minimum atomic E-state index is -0.498. The first-order valence-corrected chi connectivity index (χ1v) is 6.09. The first kappa shape index (κ1) is 14.3. The molecular weight excluding hydrogens is 222 g/mol. The quantitative estimate of drug-likeness (QED) is 0.798. The van der Waals surface area contributed by atoms with Crippen LogP contribution >= 0.6 is 0 Å². The van der Waals surface area contributed by atoms with Gasteiger partial charge in [-0.25, -0.2) is 4.79 Å². The third kappa shape index (κ3) is 4.16. The first-order valence-electron chi connectivity index (χ1n) is 6.09. The normalized spacial score (nSPS) is 25.8. The number of aliphatic hydroxyl groups excluding tert-OH is 1. The van der Waals surface area contributed by atoms with Crippen molar-refractivity contribution in [2.24, 2.45) is 0 Å². The van der Waals surface area contributed by atoms with E-state index in [0.717, 1.165) is 6.42 Å². The number of hydrogen-bond acceptors (Lipinski definition) is 4. The average Bonchev–Trinajstić information content (AvgIpc) is 2.25. The van der Waals surface area contributed by atoms with Gasteiger partial charge < -0.3 is 19.5 Å². The highest BCUT2D eigenvalue weighted by Crippen LogP contribution is 2.18. The number of carbonyl (C=O) groups is 1. The van der Waals surface area contributed by atoms with Crippen molar-refractivity contribution in [2.75, 3.05) is 19.8 Å². The van der Waals surface area contributed by atoms with Gasteiger partial charge in [-0.1, -0.05) is 6.92 Å². The molecule has 0 aromatic carbocycles. The molecule has 1 aliphatic rings. The van der Waals surface area contributed by atoms with Crippen LogP contribution in [0.2, 0.25) is 0 Å². The van der Waals surface area contributed by atoms with Gasteiger partial charge in [0.15, 0.2) is 0 Å². The van der Waals surface area contributed by atoms with Gasteiger partial charge in [0.2, 0.25) is 0 Å². The predicted octanol–water partition coefficient (Wildman–Crippen LogP) is 1.39. The van der Waals surface area contributed by atoms with E-state index in [2.05, 4.69) is 0 Å². The summed E-state index contributed by atoms with van der Waals surface area (Å²) in [5.41, 5.74) is -0.498. The largest absolute Gasteiger partial charge is 0.444 e. The van der Waals surface area contributed by atoms with E-state index in [4.69, 9.17) is 14.6 Å². The van der Waals surface area contributed by atoms with Crippen LogP contribution in [0.3, 0.4) is 0 Å². The second-order valence-electron chi connectivity index (χ2n) is 5.33. The maximum absolute atomic E-state index is 12.0. The molecule has 2 unspecified atom stereocenters. The van der Waals surface area contributed by atoms with Crippen LogP contribution in [0.15, 0.2) is 0 Å². The van der Waals surface area contributed by atoms with Crippen molar-refractivity contribution in [1.29, 1.82) is 0 Å². The lowest BCUT2D eigenvalue weighted by Gasteiger charge is -2.39. The highest BCUT2D eigenvalue weighted by atomic mass is 16.6. The first-order chi connectivity index (χ1) is 7.87. The summed E-state index contributed by atoms with van der Waals surface area (Å²) in [4.78, 5) is 13.7. The molecule has 1 saturated heterocycles. The van der Waals surface area contributed by atoms with Gasteiger partial charge in [-0.2, -0.15) is 0 Å². The molecule has 1 rings (SSSR count). The lowest BCUT2D eigenvalue weighted by molar-refractivity contribution is -0.0851. The Balaban J connectivity index is 2.66. The number of nitrogens with zero attached hydrogens (tertiary/aromatic N) is 1. The van der Waals surface area contributed by atoms with Gasteiger partial charge in [0.1, 0.15) is 5.60 Å². The third-order valence-corrected chi connectivity index (χ3v) is 2.67. The monoisotopic (exact) mass is 245 g/mol. The summed E-state index contributed by atoms with van der Waals surface area (Å²) in [5, 5.41) is 9.08. The third-order valence-electron chi connectivity index (χ3n) is 2.67. The molecule has 5 heteroatoms. The van der Waals surface area contributed by atoms with Crippen LogP contribution in [0.5, 0.6) is 0 Å². The molecule has 1 aliphatic heterocycles. The van der Waals surface area contributed by atoms with Crippen LogP contribution < -0.4 is 0 Å². The average molecular weight is 245 g/mol. The fourth-order valence-electron chi connectivity index (χ4n) is 1.75. The van der Waals surface area contributed by atoms with Crippen molar-refractivity contribution < 1.29 is 19.4 Å². The maximum Gasteiger partial charge on any atom is 0.410 e. The van der Waals surface area contributed by atoms with Crippen LogP contribution in [0, 0.1) is 0 Å². The summed E-state index contributed by atoms with van der Waals surface area (Å²) in [6.45, 7) is 8.31. The zero-order valence-corrected chi connectivity index (χ0v) is 11.1. The smallest absolute Gasteiger partial charge is 0.410 e. The highest BCUT2D eigenvalue weighted by Gasteiger charge is 2.33. The lowest BCUT2D eigenvalue weighted by atomic mass is 10.1. The minimum Gasteiger partial charge on any atom is -0.444 e. The second kappa shape index (κ2) is 5.69. The summed E-state index contributed by atoms with van der Waals surface area (Å²) in [6.07, 6.45) is 0.189. The fourth-order valence-corrected chi connectivity index (χ4v) is 1.75. The van der Waals surface area contributed by atoms with Crippen molar-refractivity contribution in [3.8, 4) is 0 Å². The van der Waals surface area contributed by atoms with Crippen LogP contribution in [0.1, 0.15) is 34.1 Å². The van der Waals surface area contributed by atoms with E-state index >= 15 is 0 Å². The van der Waals surface area contributed by atoms with E-state index in [1.807, 2.05) is 27.7 Å². The standard InChI is InChI=1S/C12H23NO4/c1-5-9-8-16-10(7-14)6-13(9)11(15)17-12(2,3)4/h9-10,14H,5-8H2,1-4H3. The van der Waals surface area contributed by atoms with E-state index in [9.17, 15) is 4.79 Å². The summed E-state index contributed by atoms with van der Waals surface area (Å²) >= 11 is 0. The zero-order valence-electron chi connectivity index (χ0n) is 11.1. The Labute approximate surface area is 103 Å². The summed E-state index contributed by atoms with van der Waals surface area (Å²) < 4.78 is 10.8. The maximum atomic E-state index is 12.0. The number of amides is 1. The van der Waals surface area contributed by atoms with E-state index < -0.39 is 5.60 Å². The molecule has 0 spiro atoms. The van der Waals surface area contributed by atoms with Gasteiger partial charge in [0.25, 0.3) is 0 Å². The van der Waals surface area contributed by atoms with E-state index in [1.165, 1.54) is 0 Å². The van der Waals surface area contributed by atoms with Crippen LogP contribution in [0.4, 0.5) is 4.79 Å². The van der Waals surface area contributed by atoms with Gasteiger partial charge in [-0.05, 0) is 27.2 Å². The number of ether oxygens (including phenoxy) is 2. The molecule has 0 aromatic heterocycles. The van der Waals surface area contributed by atoms with Crippen molar-refractivity contribution >= 4 is 6.09 Å². The number of rotatable bonds is 2. The SMILES string of the molecule is CCC1COC(CO)CN1C(=O)OC(C)(C)C. The number of morpholine rings is 1. The molecule has 100 valence electrons. The molecule has 0 radical (unpaired) electrons. The molecule has 17 heavy (non-hydrogen) atoms. The van der Waals surface area contributed by atoms with Crippen LogP contribution in [0.25, 0.3) is 0 Å². The predicted molar refractivity (Wildman–Crippen MR) is 63.8 cm³/mol. The lowest BCUT2D eigenvalue weighted by Crippen LogP contribution is -2.54. The van der Waals surface area contributed by atoms with E-state index in [-0.39, 0.29) is 24.8 Å². The van der Waals surface area contributed by atoms with Gasteiger partial charge in [0, 0.05) is 0 Å². The minimum absolute atomic E-state index is 0.0349. The fraction of sp³-hybridized carbons (Fsp3) is 0.917. The summed E-state index contributed by atoms with van der Waals surface area (Å²) in [5.74, 6) is 0. The summed E-state index contributed by atoms with van der Waals surface area (Å²) in [7, 11) is 0. The van der Waals surface area contributed by atoms with Crippen molar-refractivity contribution in [3.05, 3.63) is 0 Å². The van der Waals surface area contributed by atoms with Gasteiger partial charge in [0.05, 0.1) is 31.9 Å². The molecule has 1 N–H and O–H groups in total. The molecule has 0 saturated carbocycles. The highest BCUT2D eigenvalue weighted by molar-refractivity contribution is 5.68. The molecule has 5 nitrogen and oxygen atoms in total. The number of aliphatic hydroxyl groups is 1. The Morgan fingerprint density at radius 3 is 2.65 bits per heavy atom. The van der Waals surface area contributed by atoms with E-state index in [1.54, 1.807) is 4.90 Å². The van der Waals surface area contributed by atoms with Gasteiger partial charge in [-0.3, -0.25) is 0 Å². The number of carbonyl (C=O) groups excluding carboxylic acids is 1. The Hall–Kier alpha value is -0.810. The molecule has 0 bridgehead atoms. The summed E-state index contributed by atoms with van der Waals surface area (Å²) in [6, 6.07) is 0.0349. The Bertz CT molecular complexity index is 262. The van der Waals surface area contributed by atoms with Crippen molar-refractivity contribution in [3.63, 3.8) is 0 Å². The number of hydrogen-bond donors (Lipinski definition) is 1. The second-order valence-corrected chi connectivity index (χ2v) is 5.33. The molecule has 1 fully saturated rings. The van der Waals surface area contributed by atoms with E-state index in [0.29, 0.717) is 13.2 Å². The molecule has 1 amide bonds. The Morgan fingerprint density at radius 1 is 1.53 bits per heavy atom. The zero-order chi connectivity index (χ0) is 13.1. The van der Waals surface area contributed by atoms with Crippen molar-refractivity contribution in [1.82, 2.24) is 4.90 Å². The Kier molecular flexibility index (Phi) is 4.77.